The Morgan fingerprint density at radius 3 is 2.70 bits per heavy atom. The van der Waals surface area contributed by atoms with Crippen molar-refractivity contribution in [3.63, 3.8) is 0 Å². The molecule has 0 saturated carbocycles. The first-order chi connectivity index (χ1) is 10.9. The molecule has 0 aliphatic rings. The van der Waals surface area contributed by atoms with Gasteiger partial charge in [-0.3, -0.25) is 4.79 Å². The smallest absolute Gasteiger partial charge is 0.263 e. The van der Waals surface area contributed by atoms with Crippen molar-refractivity contribution < 1.29 is 13.9 Å². The molecule has 0 aliphatic carbocycles. The zero-order chi connectivity index (χ0) is 17.0. The Morgan fingerprint density at radius 1 is 1.35 bits per heavy atom. The maximum Gasteiger partial charge on any atom is 0.263 e. The quantitative estimate of drug-likeness (QED) is 0.730. The molecule has 0 aliphatic heterocycles. The van der Waals surface area contributed by atoms with E-state index >= 15 is 0 Å². The number of carbonyl (C=O) groups excluding carboxylic acids is 1. The van der Waals surface area contributed by atoms with Crippen LogP contribution in [0.4, 0.5) is 4.39 Å². The van der Waals surface area contributed by atoms with Crippen molar-refractivity contribution in [3.8, 4) is 5.75 Å². The summed E-state index contributed by atoms with van der Waals surface area (Å²) in [5, 5.41) is 0.613. The van der Waals surface area contributed by atoms with Crippen LogP contribution < -0.4 is 4.74 Å². The molecule has 0 saturated heterocycles. The van der Waals surface area contributed by atoms with Crippen molar-refractivity contribution in [2.24, 2.45) is 0 Å². The summed E-state index contributed by atoms with van der Waals surface area (Å²) >= 11 is 9.32. The number of nitrogens with zero attached hydrogens (tertiary/aromatic N) is 1. The highest BCUT2D eigenvalue weighted by Gasteiger charge is 2.21. The molecule has 1 unspecified atom stereocenters. The fourth-order valence-corrected chi connectivity index (χ4v) is 2.72. The largest absolute Gasteiger partial charge is 0.480 e. The lowest BCUT2D eigenvalue weighted by molar-refractivity contribution is -0.137. The Balaban J connectivity index is 2.02. The number of carbonyl (C=O) groups is 1. The van der Waals surface area contributed by atoms with Crippen molar-refractivity contribution in [2.75, 3.05) is 7.05 Å². The van der Waals surface area contributed by atoms with Crippen molar-refractivity contribution in [2.45, 2.75) is 19.6 Å². The van der Waals surface area contributed by atoms with Crippen molar-refractivity contribution in [1.82, 2.24) is 4.90 Å². The van der Waals surface area contributed by atoms with Crippen LogP contribution in [0.1, 0.15) is 12.5 Å². The van der Waals surface area contributed by atoms with E-state index < -0.39 is 6.10 Å². The molecule has 0 heterocycles. The summed E-state index contributed by atoms with van der Waals surface area (Å²) in [4.78, 5) is 14.0. The molecule has 0 aromatic heterocycles. The summed E-state index contributed by atoms with van der Waals surface area (Å²) in [6.45, 7) is 2.04. The standard InChI is InChI=1S/C17H16BrClFNO2/c1-11(23-16-8-7-13(20)9-14(16)18)17(22)21(2)10-12-5-3-4-6-15(12)19/h3-9,11H,10H2,1-2H3. The number of rotatable bonds is 5. The molecule has 2 aromatic carbocycles. The molecule has 0 bridgehead atoms. The number of benzene rings is 2. The van der Waals surface area contributed by atoms with Gasteiger partial charge in [-0.05, 0) is 52.7 Å². The molecular weight excluding hydrogens is 385 g/mol. The van der Waals surface area contributed by atoms with Gasteiger partial charge in [0.05, 0.1) is 4.47 Å². The van der Waals surface area contributed by atoms with E-state index in [1.165, 1.54) is 18.2 Å². The predicted octanol–water partition coefficient (Wildman–Crippen LogP) is 4.67. The summed E-state index contributed by atoms with van der Waals surface area (Å²) in [5.74, 6) is -0.154. The van der Waals surface area contributed by atoms with Crippen LogP contribution in [0.5, 0.6) is 5.75 Å². The van der Waals surface area contributed by atoms with Gasteiger partial charge >= 0.3 is 0 Å². The van der Waals surface area contributed by atoms with Gasteiger partial charge < -0.3 is 9.64 Å². The summed E-state index contributed by atoms with van der Waals surface area (Å²) in [6, 6.07) is 11.4. The highest BCUT2D eigenvalue weighted by Crippen LogP contribution is 2.26. The number of hydrogen-bond acceptors (Lipinski definition) is 2. The number of ether oxygens (including phenoxy) is 1. The van der Waals surface area contributed by atoms with E-state index in [2.05, 4.69) is 15.9 Å². The Morgan fingerprint density at radius 2 is 2.04 bits per heavy atom. The monoisotopic (exact) mass is 399 g/mol. The molecule has 23 heavy (non-hydrogen) atoms. The molecule has 0 radical (unpaired) electrons. The number of likely N-dealkylation sites (N-methyl/N-ethyl adjacent to an activating group) is 1. The van der Waals surface area contributed by atoms with Gasteiger partial charge in [0.1, 0.15) is 11.6 Å². The Bertz CT molecular complexity index is 711. The van der Waals surface area contributed by atoms with Gasteiger partial charge in [-0.25, -0.2) is 4.39 Å². The Labute approximate surface area is 148 Å². The normalized spacial score (nSPS) is 11.9. The third-order valence-corrected chi connectivity index (χ3v) is 4.28. The second kappa shape index (κ2) is 7.79. The first-order valence-corrected chi connectivity index (χ1v) is 8.15. The minimum Gasteiger partial charge on any atom is -0.480 e. The minimum atomic E-state index is -0.704. The first-order valence-electron chi connectivity index (χ1n) is 6.98. The number of amides is 1. The maximum absolute atomic E-state index is 13.1. The van der Waals surface area contributed by atoms with Crippen molar-refractivity contribution in [1.29, 1.82) is 0 Å². The van der Waals surface area contributed by atoms with Crippen molar-refractivity contribution in [3.05, 3.63) is 63.3 Å². The third-order valence-electron chi connectivity index (χ3n) is 3.29. The molecule has 0 fully saturated rings. The Hall–Kier alpha value is -1.59. The van der Waals surface area contributed by atoms with Crippen LogP contribution in [0.15, 0.2) is 46.9 Å². The molecular formula is C17H16BrClFNO2. The number of halogens is 3. The predicted molar refractivity (Wildman–Crippen MR) is 92.1 cm³/mol. The second-order valence-corrected chi connectivity index (χ2v) is 6.38. The molecule has 0 spiro atoms. The summed E-state index contributed by atoms with van der Waals surface area (Å²) in [5.41, 5.74) is 0.861. The average molecular weight is 401 g/mol. The van der Waals surface area contributed by atoms with E-state index in [9.17, 15) is 9.18 Å². The molecule has 2 aromatic rings. The fraction of sp³-hybridized carbons (Fsp3) is 0.235. The van der Waals surface area contributed by atoms with Crippen LogP contribution in [-0.2, 0) is 11.3 Å². The summed E-state index contributed by atoms with van der Waals surface area (Å²) in [7, 11) is 1.69. The van der Waals surface area contributed by atoms with E-state index in [1.807, 2.05) is 18.2 Å². The van der Waals surface area contributed by atoms with Crippen molar-refractivity contribution >= 4 is 33.4 Å². The SMILES string of the molecule is CC(Oc1ccc(F)cc1Br)C(=O)N(C)Cc1ccccc1Cl. The average Bonchev–Trinajstić information content (AvgIpc) is 2.51. The Kier molecular flexibility index (Phi) is 6.02. The molecule has 0 N–H and O–H groups in total. The van der Waals surface area contributed by atoms with E-state index in [0.29, 0.717) is 21.8 Å². The fourth-order valence-electron chi connectivity index (χ4n) is 2.08. The van der Waals surface area contributed by atoms with Crippen LogP contribution >= 0.6 is 27.5 Å². The van der Waals surface area contributed by atoms with Crippen LogP contribution in [0, 0.1) is 5.82 Å². The van der Waals surface area contributed by atoms with Crippen LogP contribution in [0.3, 0.4) is 0 Å². The third kappa shape index (κ3) is 4.69. The van der Waals surface area contributed by atoms with E-state index in [1.54, 1.807) is 24.9 Å². The van der Waals surface area contributed by atoms with Gasteiger partial charge in [0.2, 0.25) is 0 Å². The van der Waals surface area contributed by atoms with E-state index in [4.69, 9.17) is 16.3 Å². The van der Waals surface area contributed by atoms with Gasteiger partial charge in [0.15, 0.2) is 6.10 Å². The molecule has 6 heteroatoms. The topological polar surface area (TPSA) is 29.5 Å². The lowest BCUT2D eigenvalue weighted by Gasteiger charge is -2.23. The first kappa shape index (κ1) is 17.8. The molecule has 3 nitrogen and oxygen atoms in total. The molecule has 1 atom stereocenters. The van der Waals surface area contributed by atoms with Gasteiger partial charge in [0, 0.05) is 18.6 Å². The minimum absolute atomic E-state index is 0.193. The van der Waals surface area contributed by atoms with E-state index in [-0.39, 0.29) is 11.7 Å². The lowest BCUT2D eigenvalue weighted by Crippen LogP contribution is -2.37. The lowest BCUT2D eigenvalue weighted by atomic mass is 10.2. The van der Waals surface area contributed by atoms with Gasteiger partial charge in [-0.2, -0.15) is 0 Å². The highest BCUT2D eigenvalue weighted by molar-refractivity contribution is 9.10. The van der Waals surface area contributed by atoms with Gasteiger partial charge in [-0.15, -0.1) is 0 Å². The molecule has 1 amide bonds. The highest BCUT2D eigenvalue weighted by atomic mass is 79.9. The molecule has 122 valence electrons. The number of hydrogen-bond donors (Lipinski definition) is 0. The van der Waals surface area contributed by atoms with E-state index in [0.717, 1.165) is 5.56 Å². The summed E-state index contributed by atoms with van der Waals surface area (Å²) in [6.07, 6.45) is -0.704. The van der Waals surface area contributed by atoms with Crippen LogP contribution in [0.25, 0.3) is 0 Å². The summed E-state index contributed by atoms with van der Waals surface area (Å²) < 4.78 is 19.2. The van der Waals surface area contributed by atoms with Gasteiger partial charge in [-0.1, -0.05) is 29.8 Å². The second-order valence-electron chi connectivity index (χ2n) is 5.12. The van der Waals surface area contributed by atoms with Crippen LogP contribution in [0.2, 0.25) is 5.02 Å². The van der Waals surface area contributed by atoms with Crippen LogP contribution in [-0.4, -0.2) is 24.0 Å². The van der Waals surface area contributed by atoms with Gasteiger partial charge in [0.25, 0.3) is 5.91 Å². The zero-order valence-electron chi connectivity index (χ0n) is 12.7. The maximum atomic E-state index is 13.1. The zero-order valence-corrected chi connectivity index (χ0v) is 15.1. The molecule has 2 rings (SSSR count).